The van der Waals surface area contributed by atoms with Crippen LogP contribution in [0.25, 0.3) is 0 Å². The summed E-state index contributed by atoms with van der Waals surface area (Å²) >= 11 is 0. The van der Waals surface area contributed by atoms with Crippen molar-refractivity contribution < 1.29 is 22.7 Å². The summed E-state index contributed by atoms with van der Waals surface area (Å²) in [6.45, 7) is 6.30. The second-order valence-corrected chi connectivity index (χ2v) is 11.1. The largest absolute Gasteiger partial charge is 0.497 e. The van der Waals surface area contributed by atoms with Crippen molar-refractivity contribution in [3.8, 4) is 5.75 Å². The van der Waals surface area contributed by atoms with E-state index in [1.54, 1.807) is 33.2 Å². The fourth-order valence-corrected chi connectivity index (χ4v) is 6.86. The van der Waals surface area contributed by atoms with Gasteiger partial charge in [-0.1, -0.05) is 32.9 Å². The Labute approximate surface area is 184 Å². The molecule has 6 atom stereocenters. The molecule has 1 unspecified atom stereocenters. The maximum absolute atomic E-state index is 13.4. The fourth-order valence-electron chi connectivity index (χ4n) is 5.23. The second-order valence-electron chi connectivity index (χ2n) is 9.15. The number of fused-ring (bicyclic) bond motifs is 1. The number of hydrogen-bond donors (Lipinski definition) is 0. The smallest absolute Gasteiger partial charge is 0.282 e. The van der Waals surface area contributed by atoms with Gasteiger partial charge in [-0.2, -0.15) is 17.0 Å². The molecule has 0 spiro atoms. The molecule has 3 fully saturated rings. The molecule has 8 nitrogen and oxygen atoms in total. The molecule has 1 saturated carbocycles. The fraction of sp³-hybridized carbons (Fsp3) is 0.636. The van der Waals surface area contributed by atoms with Crippen LogP contribution in [0.3, 0.4) is 0 Å². The highest BCUT2D eigenvalue weighted by atomic mass is 32.2. The van der Waals surface area contributed by atoms with Crippen LogP contribution in [-0.2, 0) is 26.3 Å². The molecular formula is C22H31N3O5S. The zero-order valence-corrected chi connectivity index (χ0v) is 19.5. The molecule has 1 aliphatic carbocycles. The number of nitrogens with zero attached hydrogens (tertiary/aromatic N) is 3. The predicted octanol–water partition coefficient (Wildman–Crippen LogP) is 1.72. The van der Waals surface area contributed by atoms with Crippen LogP contribution in [0.4, 0.5) is 0 Å². The standard InChI is InChI=1S/C22H31N3O5S/c1-13-14(2)19(13)22(27)25-18-10-11-24(20(18)15(3)21(25)26)31(28,29)23(4)12-16-6-8-17(30-5)9-7-16/h6-9,13-15,18-20H,10-12H2,1-5H3/t13-,14+,15-,18-,19?,20+/m0/s1. The van der Waals surface area contributed by atoms with Gasteiger partial charge in [0.15, 0.2) is 0 Å². The van der Waals surface area contributed by atoms with E-state index in [2.05, 4.69) is 0 Å². The van der Waals surface area contributed by atoms with Crippen LogP contribution >= 0.6 is 0 Å². The van der Waals surface area contributed by atoms with Crippen LogP contribution in [0.1, 0.15) is 32.8 Å². The van der Waals surface area contributed by atoms with Crippen molar-refractivity contribution in [2.45, 2.75) is 45.8 Å². The van der Waals surface area contributed by atoms with Gasteiger partial charge in [-0.25, -0.2) is 0 Å². The van der Waals surface area contributed by atoms with E-state index in [1.165, 1.54) is 13.5 Å². The number of imide groups is 1. The van der Waals surface area contributed by atoms with Gasteiger partial charge in [-0.15, -0.1) is 0 Å². The highest BCUT2D eigenvalue weighted by molar-refractivity contribution is 7.86. The monoisotopic (exact) mass is 449 g/mol. The first-order valence-corrected chi connectivity index (χ1v) is 12.2. The molecule has 0 N–H and O–H groups in total. The molecular weight excluding hydrogens is 418 g/mol. The molecule has 1 aromatic rings. The van der Waals surface area contributed by atoms with Crippen molar-refractivity contribution in [2.75, 3.05) is 20.7 Å². The minimum Gasteiger partial charge on any atom is -0.497 e. The normalized spacial score (nSPS) is 33.1. The second kappa shape index (κ2) is 7.86. The molecule has 2 heterocycles. The number of methoxy groups -OCH3 is 1. The van der Waals surface area contributed by atoms with E-state index in [-0.39, 0.29) is 42.2 Å². The molecule has 0 bridgehead atoms. The van der Waals surface area contributed by atoms with Crippen molar-refractivity contribution in [3.63, 3.8) is 0 Å². The highest BCUT2D eigenvalue weighted by Gasteiger charge is 2.60. The number of hydrogen-bond acceptors (Lipinski definition) is 5. The summed E-state index contributed by atoms with van der Waals surface area (Å²) in [6, 6.07) is 6.37. The number of ether oxygens (including phenoxy) is 1. The summed E-state index contributed by atoms with van der Waals surface area (Å²) in [5.74, 6) is 0.208. The Kier molecular flexibility index (Phi) is 5.64. The minimum absolute atomic E-state index is 0.127. The van der Waals surface area contributed by atoms with Gasteiger partial charge in [0.2, 0.25) is 11.8 Å². The molecule has 3 aliphatic rings. The van der Waals surface area contributed by atoms with Gasteiger partial charge in [-0.05, 0) is 36.0 Å². The third kappa shape index (κ3) is 3.56. The number of amides is 2. The van der Waals surface area contributed by atoms with E-state index in [4.69, 9.17) is 4.74 Å². The maximum Gasteiger partial charge on any atom is 0.282 e. The van der Waals surface area contributed by atoms with Crippen molar-refractivity contribution in [1.82, 2.24) is 13.5 Å². The summed E-state index contributed by atoms with van der Waals surface area (Å²) in [6.07, 6.45) is 0.484. The zero-order valence-electron chi connectivity index (χ0n) is 18.7. The van der Waals surface area contributed by atoms with Gasteiger partial charge in [0.05, 0.1) is 25.1 Å². The van der Waals surface area contributed by atoms with E-state index in [1.807, 2.05) is 26.0 Å². The Morgan fingerprint density at radius 2 is 1.77 bits per heavy atom. The molecule has 31 heavy (non-hydrogen) atoms. The Balaban J connectivity index is 1.52. The van der Waals surface area contributed by atoms with Crippen LogP contribution < -0.4 is 4.74 Å². The Morgan fingerprint density at radius 3 is 2.32 bits per heavy atom. The van der Waals surface area contributed by atoms with Crippen LogP contribution in [0, 0.1) is 23.7 Å². The first-order valence-electron chi connectivity index (χ1n) is 10.8. The quantitative estimate of drug-likeness (QED) is 0.617. The number of carbonyl (C=O) groups excluding carboxylic acids is 2. The zero-order chi connectivity index (χ0) is 22.7. The summed E-state index contributed by atoms with van der Waals surface area (Å²) in [5, 5.41) is 0. The first kappa shape index (κ1) is 22.2. The van der Waals surface area contributed by atoms with E-state index >= 15 is 0 Å². The van der Waals surface area contributed by atoms with E-state index in [9.17, 15) is 18.0 Å². The first-order chi connectivity index (χ1) is 14.6. The Hall–Kier alpha value is -1.97. The van der Waals surface area contributed by atoms with Crippen molar-refractivity contribution in [3.05, 3.63) is 29.8 Å². The number of benzene rings is 1. The summed E-state index contributed by atoms with van der Waals surface area (Å²) < 4.78 is 34.7. The third-order valence-electron chi connectivity index (χ3n) is 7.44. The number of rotatable bonds is 6. The van der Waals surface area contributed by atoms with Gasteiger partial charge >= 0.3 is 0 Å². The summed E-state index contributed by atoms with van der Waals surface area (Å²) in [4.78, 5) is 27.4. The third-order valence-corrected chi connectivity index (χ3v) is 9.38. The van der Waals surface area contributed by atoms with Gasteiger partial charge in [-0.3, -0.25) is 14.5 Å². The highest BCUT2D eigenvalue weighted by Crippen LogP contribution is 2.49. The van der Waals surface area contributed by atoms with E-state index in [0.717, 1.165) is 5.56 Å². The molecule has 170 valence electrons. The van der Waals surface area contributed by atoms with Gasteiger partial charge in [0.25, 0.3) is 10.2 Å². The van der Waals surface area contributed by atoms with Gasteiger partial charge in [0.1, 0.15) is 5.75 Å². The number of likely N-dealkylation sites (tertiary alicyclic amines) is 1. The maximum atomic E-state index is 13.4. The molecule has 0 radical (unpaired) electrons. The molecule has 2 saturated heterocycles. The topological polar surface area (TPSA) is 87.2 Å². The lowest BCUT2D eigenvalue weighted by Crippen LogP contribution is -2.48. The summed E-state index contributed by atoms with van der Waals surface area (Å²) in [5.41, 5.74) is 0.840. The van der Waals surface area contributed by atoms with Crippen molar-refractivity contribution in [1.29, 1.82) is 0 Å². The lowest BCUT2D eigenvalue weighted by atomic mass is 10.0. The van der Waals surface area contributed by atoms with Crippen molar-refractivity contribution in [2.24, 2.45) is 23.7 Å². The lowest BCUT2D eigenvalue weighted by Gasteiger charge is -2.29. The van der Waals surface area contributed by atoms with Crippen molar-refractivity contribution >= 4 is 22.0 Å². The molecule has 9 heteroatoms. The Morgan fingerprint density at radius 1 is 1.16 bits per heavy atom. The van der Waals surface area contributed by atoms with E-state index < -0.39 is 22.2 Å². The Bertz CT molecular complexity index is 971. The lowest BCUT2D eigenvalue weighted by molar-refractivity contribution is -0.146. The van der Waals surface area contributed by atoms with Crippen LogP contribution in [0.5, 0.6) is 5.75 Å². The molecule has 2 aliphatic heterocycles. The molecule has 0 aromatic heterocycles. The molecule has 1 aromatic carbocycles. The average molecular weight is 450 g/mol. The van der Waals surface area contributed by atoms with E-state index in [0.29, 0.717) is 18.7 Å². The number of carbonyl (C=O) groups is 2. The summed E-state index contributed by atoms with van der Waals surface area (Å²) in [7, 11) is -0.665. The predicted molar refractivity (Wildman–Crippen MR) is 115 cm³/mol. The van der Waals surface area contributed by atoms with Gasteiger partial charge in [0, 0.05) is 26.1 Å². The van der Waals surface area contributed by atoms with Crippen LogP contribution in [0.2, 0.25) is 0 Å². The average Bonchev–Trinajstić information content (AvgIpc) is 3.05. The SMILES string of the molecule is COc1ccc(CN(C)S(=O)(=O)N2CC[C@H]3[C@H]2[C@H](C)C(=O)N3C(=O)C2[C@@H](C)[C@H]2C)cc1. The molecule has 2 amide bonds. The minimum atomic E-state index is -3.79. The van der Waals surface area contributed by atoms with Crippen LogP contribution in [-0.4, -0.2) is 66.5 Å². The van der Waals surface area contributed by atoms with Crippen LogP contribution in [0.15, 0.2) is 24.3 Å². The molecule has 4 rings (SSSR count). The van der Waals surface area contributed by atoms with Gasteiger partial charge < -0.3 is 4.74 Å².